The highest BCUT2D eigenvalue weighted by atomic mass is 19.1. The number of fused-ring (bicyclic) bond motifs is 1. The Kier molecular flexibility index (Phi) is 5.37. The Morgan fingerprint density at radius 3 is 2.76 bits per heavy atom. The third kappa shape index (κ3) is 4.21. The predicted octanol–water partition coefficient (Wildman–Crippen LogP) is 3.44. The molecule has 0 unspecified atom stereocenters. The van der Waals surface area contributed by atoms with E-state index in [1.54, 1.807) is 18.5 Å². The lowest BCUT2D eigenvalue weighted by Gasteiger charge is -2.26. The Morgan fingerprint density at radius 1 is 1.12 bits per heavy atom. The number of anilines is 2. The zero-order valence-corrected chi connectivity index (χ0v) is 19.0. The van der Waals surface area contributed by atoms with Crippen molar-refractivity contribution in [3.8, 4) is 11.3 Å². The van der Waals surface area contributed by atoms with Crippen LogP contribution in [0.3, 0.4) is 0 Å². The summed E-state index contributed by atoms with van der Waals surface area (Å²) in [7, 11) is 0. The van der Waals surface area contributed by atoms with Gasteiger partial charge in [0.15, 0.2) is 0 Å². The monoisotopic (exact) mass is 461 g/mol. The third-order valence-corrected chi connectivity index (χ3v) is 6.83. The SMILES string of the molecule is Nc1nc(N(CCN2CCCC2)Cc2cc(F)cc3[nH]ncc23)ncc1-c1cc(C2CC2)[nH]n1. The van der Waals surface area contributed by atoms with Gasteiger partial charge in [-0.3, -0.25) is 10.2 Å². The molecular weight excluding hydrogens is 433 g/mol. The topological polar surface area (TPSA) is 116 Å². The maximum absolute atomic E-state index is 14.3. The van der Waals surface area contributed by atoms with Crippen LogP contribution in [0.1, 0.15) is 42.9 Å². The molecule has 0 atom stereocenters. The van der Waals surface area contributed by atoms with Crippen molar-refractivity contribution in [3.05, 3.63) is 47.7 Å². The molecule has 4 N–H and O–H groups in total. The Balaban J connectivity index is 1.30. The first kappa shape index (κ1) is 21.0. The first-order chi connectivity index (χ1) is 16.6. The van der Waals surface area contributed by atoms with Crippen LogP contribution in [0, 0.1) is 5.82 Å². The molecule has 34 heavy (non-hydrogen) atoms. The van der Waals surface area contributed by atoms with Gasteiger partial charge in [0.1, 0.15) is 11.6 Å². The van der Waals surface area contributed by atoms with E-state index in [-0.39, 0.29) is 5.82 Å². The van der Waals surface area contributed by atoms with Crippen molar-refractivity contribution < 1.29 is 4.39 Å². The fourth-order valence-corrected chi connectivity index (χ4v) is 4.75. The number of hydrogen-bond donors (Lipinski definition) is 3. The van der Waals surface area contributed by atoms with E-state index in [1.807, 2.05) is 6.07 Å². The number of hydrogen-bond acceptors (Lipinski definition) is 7. The third-order valence-electron chi connectivity index (χ3n) is 6.83. The molecule has 0 spiro atoms. The zero-order chi connectivity index (χ0) is 23.1. The minimum Gasteiger partial charge on any atom is -0.383 e. The van der Waals surface area contributed by atoms with Crippen molar-refractivity contribution in [2.24, 2.45) is 0 Å². The van der Waals surface area contributed by atoms with E-state index < -0.39 is 0 Å². The minimum atomic E-state index is -0.299. The second-order valence-electron chi connectivity index (χ2n) is 9.32. The molecule has 3 aromatic heterocycles. The molecule has 10 heteroatoms. The second-order valence-corrected chi connectivity index (χ2v) is 9.32. The smallest absolute Gasteiger partial charge is 0.227 e. The van der Waals surface area contributed by atoms with Gasteiger partial charge in [-0.05, 0) is 62.5 Å². The van der Waals surface area contributed by atoms with E-state index in [1.165, 1.54) is 31.7 Å². The van der Waals surface area contributed by atoms with Crippen LogP contribution in [0.4, 0.5) is 16.2 Å². The molecule has 4 aromatic rings. The predicted molar refractivity (Wildman–Crippen MR) is 129 cm³/mol. The molecule has 9 nitrogen and oxygen atoms in total. The van der Waals surface area contributed by atoms with Gasteiger partial charge in [0.05, 0.1) is 23.0 Å². The van der Waals surface area contributed by atoms with Crippen molar-refractivity contribution in [3.63, 3.8) is 0 Å². The molecule has 0 bridgehead atoms. The summed E-state index contributed by atoms with van der Waals surface area (Å²) in [6.45, 7) is 4.25. The lowest BCUT2D eigenvalue weighted by Crippen LogP contribution is -2.34. The molecule has 1 aromatic carbocycles. The summed E-state index contributed by atoms with van der Waals surface area (Å²) in [4.78, 5) is 13.8. The van der Waals surface area contributed by atoms with Crippen molar-refractivity contribution in [1.29, 1.82) is 0 Å². The number of benzene rings is 1. The fourth-order valence-electron chi connectivity index (χ4n) is 4.75. The van der Waals surface area contributed by atoms with Gasteiger partial charge in [-0.25, -0.2) is 9.37 Å². The number of nitrogen functional groups attached to an aromatic ring is 1. The normalized spacial score (nSPS) is 16.5. The first-order valence-electron chi connectivity index (χ1n) is 11.9. The number of nitrogens with zero attached hydrogens (tertiary/aromatic N) is 6. The van der Waals surface area contributed by atoms with Crippen molar-refractivity contribution in [2.45, 2.75) is 38.1 Å². The number of aromatic nitrogens is 6. The fraction of sp³-hybridized carbons (Fsp3) is 0.417. The van der Waals surface area contributed by atoms with Gasteiger partial charge in [0, 0.05) is 42.8 Å². The first-order valence-corrected chi connectivity index (χ1v) is 11.9. The number of nitrogens with one attached hydrogen (secondary N) is 2. The Labute approximate surface area is 196 Å². The maximum Gasteiger partial charge on any atom is 0.227 e. The van der Waals surface area contributed by atoms with Gasteiger partial charge < -0.3 is 15.5 Å². The van der Waals surface area contributed by atoms with E-state index in [0.717, 1.165) is 47.5 Å². The average Bonchev–Trinajstić information content (AvgIpc) is 3.22. The highest BCUT2D eigenvalue weighted by molar-refractivity contribution is 5.82. The van der Waals surface area contributed by atoms with Gasteiger partial charge in [-0.15, -0.1) is 0 Å². The maximum atomic E-state index is 14.3. The van der Waals surface area contributed by atoms with Crippen molar-refractivity contribution in [2.75, 3.05) is 36.8 Å². The van der Waals surface area contributed by atoms with E-state index in [0.29, 0.717) is 36.3 Å². The van der Waals surface area contributed by atoms with Gasteiger partial charge in [-0.1, -0.05) is 0 Å². The Hall–Kier alpha value is -3.53. The standard InChI is InChI=1S/C24H28FN9/c25-17-9-16(18-13-28-30-21(18)10-17)14-34(8-7-33-5-1-2-6-33)24-27-12-19(23(26)29-24)22-11-20(31-32-22)15-3-4-15/h9-13,15H,1-8,14H2,(H,28,30)(H,31,32)(H2,26,27,29). The number of likely N-dealkylation sites (tertiary alicyclic amines) is 1. The molecule has 176 valence electrons. The van der Waals surface area contributed by atoms with Crippen molar-refractivity contribution >= 4 is 22.7 Å². The summed E-state index contributed by atoms with van der Waals surface area (Å²) in [6.07, 6.45) is 8.32. The molecule has 4 heterocycles. The molecule has 0 radical (unpaired) electrons. The van der Waals surface area contributed by atoms with Crippen LogP contribution < -0.4 is 10.6 Å². The lowest BCUT2D eigenvalue weighted by molar-refractivity contribution is 0.343. The number of nitrogens with two attached hydrogens (primary N) is 1. The second kappa shape index (κ2) is 8.68. The van der Waals surface area contributed by atoms with Crippen LogP contribution in [0.25, 0.3) is 22.2 Å². The number of H-pyrrole nitrogens is 2. The number of halogens is 1. The Morgan fingerprint density at radius 2 is 1.97 bits per heavy atom. The highest BCUT2D eigenvalue weighted by Gasteiger charge is 2.26. The van der Waals surface area contributed by atoms with Crippen LogP contribution in [0.5, 0.6) is 0 Å². The molecule has 2 fully saturated rings. The lowest BCUT2D eigenvalue weighted by atomic mass is 10.1. The summed E-state index contributed by atoms with van der Waals surface area (Å²) < 4.78 is 14.3. The largest absolute Gasteiger partial charge is 0.383 e. The molecular formula is C24H28FN9. The highest BCUT2D eigenvalue weighted by Crippen LogP contribution is 2.40. The Bertz CT molecular complexity index is 1300. The molecule has 1 saturated carbocycles. The summed E-state index contributed by atoms with van der Waals surface area (Å²) in [5.41, 5.74) is 10.5. The van der Waals surface area contributed by atoms with Gasteiger partial charge in [0.25, 0.3) is 0 Å². The summed E-state index contributed by atoms with van der Waals surface area (Å²) >= 11 is 0. The average molecular weight is 462 g/mol. The van der Waals surface area contributed by atoms with Crippen molar-refractivity contribution in [1.82, 2.24) is 35.3 Å². The van der Waals surface area contributed by atoms with E-state index >= 15 is 0 Å². The van der Waals surface area contributed by atoms with Crippen LogP contribution in [0.15, 0.2) is 30.6 Å². The van der Waals surface area contributed by atoms with E-state index in [9.17, 15) is 4.39 Å². The van der Waals surface area contributed by atoms with Crippen LogP contribution >= 0.6 is 0 Å². The molecule has 1 aliphatic carbocycles. The number of aromatic amines is 2. The number of rotatable bonds is 8. The van der Waals surface area contributed by atoms with Crippen LogP contribution in [-0.2, 0) is 6.54 Å². The van der Waals surface area contributed by atoms with Gasteiger partial charge in [0.2, 0.25) is 5.95 Å². The quantitative estimate of drug-likeness (QED) is 0.368. The van der Waals surface area contributed by atoms with Gasteiger partial charge >= 0.3 is 0 Å². The van der Waals surface area contributed by atoms with E-state index in [4.69, 9.17) is 5.73 Å². The molecule has 2 aliphatic rings. The van der Waals surface area contributed by atoms with Gasteiger partial charge in [-0.2, -0.15) is 15.2 Å². The van der Waals surface area contributed by atoms with Crippen LogP contribution in [0.2, 0.25) is 0 Å². The summed E-state index contributed by atoms with van der Waals surface area (Å²) in [5, 5.41) is 15.4. The summed E-state index contributed by atoms with van der Waals surface area (Å²) in [6, 6.07) is 5.06. The zero-order valence-electron chi connectivity index (χ0n) is 19.0. The molecule has 0 amide bonds. The molecule has 1 aliphatic heterocycles. The molecule has 6 rings (SSSR count). The minimum absolute atomic E-state index is 0.299. The molecule has 1 saturated heterocycles. The van der Waals surface area contributed by atoms with Crippen LogP contribution in [-0.4, -0.2) is 61.4 Å². The summed E-state index contributed by atoms with van der Waals surface area (Å²) in [5.74, 6) is 1.19. The van der Waals surface area contributed by atoms with E-state index in [2.05, 4.69) is 40.2 Å².